The van der Waals surface area contributed by atoms with E-state index in [9.17, 15) is 13.2 Å². The van der Waals surface area contributed by atoms with Crippen molar-refractivity contribution in [2.45, 2.75) is 24.3 Å². The first-order valence-corrected chi connectivity index (χ1v) is 11.3. The van der Waals surface area contributed by atoms with Crippen LogP contribution < -0.4 is 10.1 Å². The maximum absolute atomic E-state index is 12.9. The van der Waals surface area contributed by atoms with Crippen LogP contribution in [0.3, 0.4) is 0 Å². The molecule has 3 rings (SSSR count). The Bertz CT molecular complexity index is 931. The molecule has 28 heavy (non-hydrogen) atoms. The summed E-state index contributed by atoms with van der Waals surface area (Å²) in [4.78, 5) is 12.9. The molecule has 0 saturated carbocycles. The minimum atomic E-state index is -3.61. The van der Waals surface area contributed by atoms with Crippen molar-refractivity contribution < 1.29 is 17.9 Å². The van der Waals surface area contributed by atoms with E-state index < -0.39 is 10.0 Å². The molecule has 0 spiro atoms. The molecular weight excluding hydrogens is 444 g/mol. The zero-order valence-corrected chi connectivity index (χ0v) is 18.0. The fraction of sp³-hybridized carbons (Fsp3) is 0.350. The topological polar surface area (TPSA) is 75.7 Å². The van der Waals surface area contributed by atoms with Gasteiger partial charge in [-0.15, -0.1) is 0 Å². The minimum Gasteiger partial charge on any atom is -0.496 e. The summed E-state index contributed by atoms with van der Waals surface area (Å²) in [6, 6.07) is 14.0. The third-order valence-electron chi connectivity index (χ3n) is 4.85. The monoisotopic (exact) mass is 466 g/mol. The smallest absolute Gasteiger partial charge is 0.243 e. The van der Waals surface area contributed by atoms with E-state index in [1.807, 2.05) is 24.3 Å². The third kappa shape index (κ3) is 4.74. The molecule has 150 valence electrons. The number of nitrogens with one attached hydrogen (secondary N) is 1. The Balaban J connectivity index is 1.65. The molecule has 1 saturated heterocycles. The van der Waals surface area contributed by atoms with Gasteiger partial charge in [-0.3, -0.25) is 4.79 Å². The van der Waals surface area contributed by atoms with Gasteiger partial charge in [0.1, 0.15) is 5.75 Å². The molecule has 1 amide bonds. The Morgan fingerprint density at radius 2 is 1.93 bits per heavy atom. The van der Waals surface area contributed by atoms with E-state index in [-0.39, 0.29) is 23.3 Å². The van der Waals surface area contributed by atoms with Gasteiger partial charge in [0.2, 0.25) is 15.9 Å². The summed E-state index contributed by atoms with van der Waals surface area (Å²) in [5.74, 6) is 0.209. The Morgan fingerprint density at radius 3 is 2.64 bits per heavy atom. The number of piperidine rings is 1. The zero-order chi connectivity index (χ0) is 20.1. The van der Waals surface area contributed by atoms with Crippen LogP contribution in [-0.4, -0.2) is 38.8 Å². The number of benzene rings is 2. The highest BCUT2D eigenvalue weighted by molar-refractivity contribution is 9.10. The van der Waals surface area contributed by atoms with Crippen molar-refractivity contribution in [3.05, 3.63) is 58.6 Å². The summed E-state index contributed by atoms with van der Waals surface area (Å²) in [6.45, 7) is 0.962. The van der Waals surface area contributed by atoms with Crippen molar-refractivity contribution in [2.24, 2.45) is 5.92 Å². The maximum atomic E-state index is 12.9. The molecule has 0 bridgehead atoms. The molecule has 2 aromatic rings. The van der Waals surface area contributed by atoms with Crippen LogP contribution in [0.2, 0.25) is 0 Å². The molecule has 2 aromatic carbocycles. The summed E-state index contributed by atoms with van der Waals surface area (Å²) >= 11 is 3.31. The predicted molar refractivity (Wildman–Crippen MR) is 110 cm³/mol. The van der Waals surface area contributed by atoms with Crippen molar-refractivity contribution >= 4 is 31.9 Å². The second-order valence-corrected chi connectivity index (χ2v) is 9.54. The van der Waals surface area contributed by atoms with Gasteiger partial charge in [-0.05, 0) is 43.2 Å². The standard InChI is InChI=1S/C20H23BrN2O4S/c1-27-19-7-3-2-5-15(19)13-22-20(24)16-6-4-12-23(14-16)28(25,26)18-10-8-17(21)9-11-18/h2-3,5,7-11,16H,4,6,12-14H2,1H3,(H,22,24)/t16-/m1/s1. The number of hydrogen-bond donors (Lipinski definition) is 1. The van der Waals surface area contributed by atoms with Crippen LogP contribution in [0.5, 0.6) is 5.75 Å². The quantitative estimate of drug-likeness (QED) is 0.708. The van der Waals surface area contributed by atoms with Gasteiger partial charge in [0.05, 0.1) is 17.9 Å². The molecule has 1 atom stereocenters. The first-order chi connectivity index (χ1) is 13.4. The number of hydrogen-bond acceptors (Lipinski definition) is 4. The molecule has 1 N–H and O–H groups in total. The van der Waals surface area contributed by atoms with Crippen molar-refractivity contribution in [2.75, 3.05) is 20.2 Å². The molecule has 8 heteroatoms. The molecule has 0 radical (unpaired) electrons. The molecule has 0 unspecified atom stereocenters. The number of rotatable bonds is 6. The van der Waals surface area contributed by atoms with Gasteiger partial charge >= 0.3 is 0 Å². The van der Waals surface area contributed by atoms with E-state index in [1.165, 1.54) is 4.31 Å². The van der Waals surface area contributed by atoms with Gasteiger partial charge in [-0.1, -0.05) is 34.1 Å². The van der Waals surface area contributed by atoms with E-state index >= 15 is 0 Å². The Hall–Kier alpha value is -1.90. The summed E-state index contributed by atoms with van der Waals surface area (Å²) in [5.41, 5.74) is 0.883. The van der Waals surface area contributed by atoms with Gasteiger partial charge in [-0.2, -0.15) is 4.31 Å². The molecule has 0 aliphatic carbocycles. The fourth-order valence-corrected chi connectivity index (χ4v) is 5.09. The van der Waals surface area contributed by atoms with Crippen LogP contribution in [0.25, 0.3) is 0 Å². The van der Waals surface area contributed by atoms with Crippen LogP contribution in [0.4, 0.5) is 0 Å². The summed E-state index contributed by atoms with van der Waals surface area (Å²) < 4.78 is 33.3. The van der Waals surface area contributed by atoms with E-state index in [0.29, 0.717) is 31.7 Å². The number of carbonyl (C=O) groups excluding carboxylic acids is 1. The normalized spacial score (nSPS) is 17.9. The number of ether oxygens (including phenoxy) is 1. The minimum absolute atomic E-state index is 0.137. The van der Waals surface area contributed by atoms with Crippen molar-refractivity contribution in [1.82, 2.24) is 9.62 Å². The molecule has 0 aromatic heterocycles. The first-order valence-electron chi connectivity index (χ1n) is 9.07. The number of sulfonamides is 1. The molecular formula is C20H23BrN2O4S. The Morgan fingerprint density at radius 1 is 1.21 bits per heavy atom. The number of halogens is 1. The Kier molecular flexibility index (Phi) is 6.74. The van der Waals surface area contributed by atoms with Crippen LogP contribution in [0.1, 0.15) is 18.4 Å². The van der Waals surface area contributed by atoms with E-state index in [4.69, 9.17) is 4.74 Å². The highest BCUT2D eigenvalue weighted by Crippen LogP contribution is 2.25. The zero-order valence-electron chi connectivity index (χ0n) is 15.6. The highest BCUT2D eigenvalue weighted by atomic mass is 79.9. The summed E-state index contributed by atoms with van der Waals surface area (Å²) in [6.07, 6.45) is 1.33. The van der Waals surface area contributed by atoms with Crippen LogP contribution in [0, 0.1) is 5.92 Å². The van der Waals surface area contributed by atoms with Gasteiger partial charge < -0.3 is 10.1 Å². The SMILES string of the molecule is COc1ccccc1CNC(=O)[C@@H]1CCCN(S(=O)(=O)c2ccc(Br)cc2)C1. The van der Waals surface area contributed by atoms with Crippen molar-refractivity contribution in [3.63, 3.8) is 0 Å². The average Bonchev–Trinajstić information content (AvgIpc) is 2.72. The molecule has 6 nitrogen and oxygen atoms in total. The summed E-state index contributed by atoms with van der Waals surface area (Å²) in [5, 5.41) is 2.92. The number of carbonyl (C=O) groups is 1. The molecule has 1 heterocycles. The van der Waals surface area contributed by atoms with Gasteiger partial charge in [0, 0.05) is 29.7 Å². The molecule has 1 aliphatic rings. The lowest BCUT2D eigenvalue weighted by atomic mass is 9.98. The maximum Gasteiger partial charge on any atom is 0.243 e. The van der Waals surface area contributed by atoms with Gasteiger partial charge in [0.15, 0.2) is 0 Å². The second-order valence-electron chi connectivity index (χ2n) is 6.69. The van der Waals surface area contributed by atoms with Crippen LogP contribution in [-0.2, 0) is 21.4 Å². The van der Waals surface area contributed by atoms with E-state index in [1.54, 1.807) is 31.4 Å². The lowest BCUT2D eigenvalue weighted by Gasteiger charge is -2.31. The molecule has 1 fully saturated rings. The van der Waals surface area contributed by atoms with Crippen LogP contribution >= 0.6 is 15.9 Å². The first kappa shape index (κ1) is 20.8. The predicted octanol–water partition coefficient (Wildman–Crippen LogP) is 3.17. The lowest BCUT2D eigenvalue weighted by Crippen LogP contribution is -2.45. The van der Waals surface area contributed by atoms with E-state index in [0.717, 1.165) is 10.0 Å². The fourth-order valence-electron chi connectivity index (χ4n) is 3.31. The average molecular weight is 467 g/mol. The van der Waals surface area contributed by atoms with Crippen LogP contribution in [0.15, 0.2) is 57.9 Å². The van der Waals surface area contributed by atoms with E-state index in [2.05, 4.69) is 21.2 Å². The lowest BCUT2D eigenvalue weighted by molar-refractivity contribution is -0.126. The van der Waals surface area contributed by atoms with Crippen molar-refractivity contribution in [1.29, 1.82) is 0 Å². The number of amides is 1. The number of para-hydroxylation sites is 1. The molecule has 1 aliphatic heterocycles. The highest BCUT2D eigenvalue weighted by Gasteiger charge is 2.33. The number of nitrogens with zero attached hydrogens (tertiary/aromatic N) is 1. The van der Waals surface area contributed by atoms with Gasteiger partial charge in [-0.25, -0.2) is 8.42 Å². The second kappa shape index (κ2) is 9.07. The van der Waals surface area contributed by atoms with Gasteiger partial charge in [0.25, 0.3) is 0 Å². The largest absolute Gasteiger partial charge is 0.496 e. The third-order valence-corrected chi connectivity index (χ3v) is 7.26. The van der Waals surface area contributed by atoms with Crippen molar-refractivity contribution in [3.8, 4) is 5.75 Å². The Labute approximate surface area is 174 Å². The number of methoxy groups -OCH3 is 1. The summed E-state index contributed by atoms with van der Waals surface area (Å²) in [7, 11) is -2.02.